The van der Waals surface area contributed by atoms with Crippen LogP contribution in [0.4, 0.5) is 0 Å². The lowest BCUT2D eigenvalue weighted by atomic mass is 10.2. The quantitative estimate of drug-likeness (QED) is 0.759. The molecule has 1 aromatic rings. The van der Waals surface area contributed by atoms with Gasteiger partial charge < -0.3 is 10.4 Å². The van der Waals surface area contributed by atoms with Crippen LogP contribution in [0.3, 0.4) is 0 Å². The van der Waals surface area contributed by atoms with Gasteiger partial charge in [0, 0.05) is 5.56 Å². The van der Waals surface area contributed by atoms with Gasteiger partial charge in [0.15, 0.2) is 0 Å². The number of benzene rings is 1. The number of carbonyl (C=O) groups excluding carboxylic acids is 3. The normalized spacial score (nSPS) is 9.20. The summed E-state index contributed by atoms with van der Waals surface area (Å²) < 4.78 is 0. The van der Waals surface area contributed by atoms with Gasteiger partial charge in [0.2, 0.25) is 10.9 Å². The van der Waals surface area contributed by atoms with Crippen LogP contribution in [0, 0.1) is 0 Å². The van der Waals surface area contributed by atoms with Gasteiger partial charge in [-0.3, -0.25) is 19.2 Å². The molecule has 20 heavy (non-hydrogen) atoms. The highest BCUT2D eigenvalue weighted by atomic mass is 32.2. The molecule has 7 heteroatoms. The smallest absolute Gasteiger partial charge is 0.322 e. The van der Waals surface area contributed by atoms with E-state index in [0.717, 1.165) is 0 Å². The second-order valence-electron chi connectivity index (χ2n) is 3.44. The van der Waals surface area contributed by atoms with Crippen molar-refractivity contribution < 1.29 is 24.3 Å². The molecule has 0 bridgehead atoms. The van der Waals surface area contributed by atoms with Gasteiger partial charge in [0.25, 0.3) is 5.91 Å². The molecule has 0 aromatic heterocycles. The molecule has 0 saturated carbocycles. The van der Waals surface area contributed by atoms with E-state index in [-0.39, 0.29) is 18.3 Å². The Balaban J connectivity index is 0.00000361. The van der Waals surface area contributed by atoms with Crippen molar-refractivity contribution in [1.82, 2.24) is 5.32 Å². The molecule has 0 spiro atoms. The summed E-state index contributed by atoms with van der Waals surface area (Å²) in [6.45, 7) is -0.623. The molecule has 108 valence electrons. The van der Waals surface area contributed by atoms with Crippen LogP contribution in [0.25, 0.3) is 0 Å². The maximum absolute atomic E-state index is 11.6. The molecule has 0 heterocycles. The summed E-state index contributed by atoms with van der Waals surface area (Å²) in [5.74, 6) is -3.40. The second kappa shape index (κ2) is 8.87. The molecule has 0 fully saturated rings. The number of Topliss-reactive ketones (excluding diaryl/α,β-unsaturated/α-hetero) is 1. The van der Waals surface area contributed by atoms with Gasteiger partial charge in [0.05, 0.1) is 5.75 Å². The Morgan fingerprint density at radius 3 is 2.25 bits per heavy atom. The molecule has 0 unspecified atom stereocenters. The fourth-order valence-electron chi connectivity index (χ4n) is 1.11. The molecule has 0 aliphatic carbocycles. The Kier molecular flexibility index (Phi) is 7.91. The fourth-order valence-corrected chi connectivity index (χ4v) is 1.80. The molecule has 0 atom stereocenters. The predicted molar refractivity (Wildman–Crippen MR) is 75.6 cm³/mol. The first-order chi connectivity index (χ1) is 9.00. The molecule has 0 saturated heterocycles. The van der Waals surface area contributed by atoms with E-state index < -0.39 is 24.2 Å². The lowest BCUT2D eigenvalue weighted by Crippen LogP contribution is -2.35. The Bertz CT molecular complexity index is 501. The Morgan fingerprint density at radius 2 is 1.70 bits per heavy atom. The summed E-state index contributed by atoms with van der Waals surface area (Å²) in [6.07, 6.45) is 0. The van der Waals surface area contributed by atoms with Crippen LogP contribution in [0.15, 0.2) is 30.3 Å². The number of amides is 1. The maximum atomic E-state index is 11.6. The highest BCUT2D eigenvalue weighted by Gasteiger charge is 2.16. The maximum Gasteiger partial charge on any atom is 0.322 e. The van der Waals surface area contributed by atoms with E-state index in [4.69, 9.17) is 5.11 Å². The average Bonchev–Trinajstić information content (AvgIpc) is 2.42. The van der Waals surface area contributed by atoms with E-state index in [2.05, 4.69) is 0 Å². The van der Waals surface area contributed by atoms with Crippen LogP contribution >= 0.6 is 11.8 Å². The zero-order valence-corrected chi connectivity index (χ0v) is 10.6. The van der Waals surface area contributed by atoms with Crippen molar-refractivity contribution in [1.29, 1.82) is 0 Å². The van der Waals surface area contributed by atoms with E-state index in [9.17, 15) is 19.2 Å². The van der Waals surface area contributed by atoms with Gasteiger partial charge in [-0.15, -0.1) is 0 Å². The summed E-state index contributed by atoms with van der Waals surface area (Å²) in [4.78, 5) is 44.3. The molecule has 0 radical (unpaired) electrons. The van der Waals surface area contributed by atoms with Gasteiger partial charge in [-0.1, -0.05) is 49.5 Å². The summed E-state index contributed by atoms with van der Waals surface area (Å²) in [5.41, 5.74) is 0.436. The number of hydrogen-bond donors (Lipinski definition) is 2. The van der Waals surface area contributed by atoms with Gasteiger partial charge >= 0.3 is 5.97 Å². The molecule has 6 nitrogen and oxygen atoms in total. The number of thioether (sulfide) groups is 1. The summed E-state index contributed by atoms with van der Waals surface area (Å²) >= 11 is 0.703. The van der Waals surface area contributed by atoms with Crippen molar-refractivity contribution in [2.75, 3.05) is 12.3 Å². The van der Waals surface area contributed by atoms with E-state index in [1.165, 1.54) is 0 Å². The Labute approximate surface area is 120 Å². The lowest BCUT2D eigenvalue weighted by Gasteiger charge is -2.01. The average molecular weight is 297 g/mol. The summed E-state index contributed by atoms with van der Waals surface area (Å²) in [5, 5.41) is 9.94. The van der Waals surface area contributed by atoms with Crippen LogP contribution in [-0.2, 0) is 14.4 Å². The zero-order chi connectivity index (χ0) is 14.3. The molecule has 0 aliphatic rings. The first-order valence-corrected chi connectivity index (χ1v) is 6.24. The summed E-state index contributed by atoms with van der Waals surface area (Å²) in [7, 11) is 0. The third kappa shape index (κ3) is 6.14. The zero-order valence-electron chi connectivity index (χ0n) is 9.79. The van der Waals surface area contributed by atoms with Gasteiger partial charge in [-0.05, 0) is 0 Å². The number of carboxylic acid groups (broad SMARTS) is 1. The van der Waals surface area contributed by atoms with Crippen LogP contribution < -0.4 is 5.32 Å². The SMILES string of the molecule is C.O=C(O)CNC(=O)C(=O)CSC(=O)c1ccccc1. The number of carbonyl (C=O) groups is 4. The molecule has 2 N–H and O–H groups in total. The fraction of sp³-hybridized carbons (Fsp3) is 0.231. The van der Waals surface area contributed by atoms with Crippen molar-refractivity contribution in [3.8, 4) is 0 Å². The van der Waals surface area contributed by atoms with Crippen molar-refractivity contribution in [2.24, 2.45) is 0 Å². The van der Waals surface area contributed by atoms with E-state index >= 15 is 0 Å². The molecule has 1 amide bonds. The van der Waals surface area contributed by atoms with Gasteiger partial charge in [0.1, 0.15) is 6.54 Å². The number of nitrogens with one attached hydrogen (secondary N) is 1. The minimum absolute atomic E-state index is 0. The van der Waals surface area contributed by atoms with Crippen LogP contribution in [0.1, 0.15) is 17.8 Å². The van der Waals surface area contributed by atoms with E-state index in [1.54, 1.807) is 30.3 Å². The van der Waals surface area contributed by atoms with Gasteiger partial charge in [-0.2, -0.15) is 0 Å². The van der Waals surface area contributed by atoms with Crippen LogP contribution in [-0.4, -0.2) is 40.2 Å². The predicted octanol–water partition coefficient (Wildman–Crippen LogP) is 0.966. The number of rotatable bonds is 6. The van der Waals surface area contributed by atoms with Crippen LogP contribution in [0.2, 0.25) is 0 Å². The first-order valence-electron chi connectivity index (χ1n) is 5.25. The molecular weight excluding hydrogens is 282 g/mol. The van der Waals surface area contributed by atoms with E-state index in [1.807, 2.05) is 5.32 Å². The summed E-state index contributed by atoms with van der Waals surface area (Å²) in [6, 6.07) is 8.34. The van der Waals surface area contributed by atoms with Crippen molar-refractivity contribution >= 4 is 34.5 Å². The number of carboxylic acids is 1. The minimum Gasteiger partial charge on any atom is -0.480 e. The van der Waals surface area contributed by atoms with Crippen LogP contribution in [0.5, 0.6) is 0 Å². The lowest BCUT2D eigenvalue weighted by molar-refractivity contribution is -0.140. The van der Waals surface area contributed by atoms with Crippen molar-refractivity contribution in [3.63, 3.8) is 0 Å². The number of ketones is 1. The number of hydrogen-bond acceptors (Lipinski definition) is 5. The molecule has 1 rings (SSSR count). The third-order valence-electron chi connectivity index (χ3n) is 2.00. The van der Waals surface area contributed by atoms with Crippen molar-refractivity contribution in [3.05, 3.63) is 35.9 Å². The van der Waals surface area contributed by atoms with Crippen molar-refractivity contribution in [2.45, 2.75) is 7.43 Å². The molecular formula is C13H15NO5S. The minimum atomic E-state index is -1.24. The standard InChI is InChI=1S/C12H11NO5S.CH4/c14-9(11(17)13-6-10(15)16)7-19-12(18)8-4-2-1-3-5-8;/h1-5H,6-7H2,(H,13,17)(H,15,16);1H4. The highest BCUT2D eigenvalue weighted by molar-refractivity contribution is 8.14. The Hall–Kier alpha value is -2.15. The van der Waals surface area contributed by atoms with Gasteiger partial charge in [-0.25, -0.2) is 0 Å². The monoisotopic (exact) mass is 297 g/mol. The third-order valence-corrected chi connectivity index (χ3v) is 2.90. The first kappa shape index (κ1) is 17.8. The molecule has 0 aliphatic heterocycles. The van der Waals surface area contributed by atoms with E-state index in [0.29, 0.717) is 17.3 Å². The topological polar surface area (TPSA) is 101 Å². The highest BCUT2D eigenvalue weighted by Crippen LogP contribution is 2.11. The Morgan fingerprint density at radius 1 is 1.10 bits per heavy atom. The largest absolute Gasteiger partial charge is 0.480 e. The molecule has 1 aromatic carbocycles. The number of aliphatic carboxylic acids is 1. The second-order valence-corrected chi connectivity index (χ2v) is 4.39.